The third kappa shape index (κ3) is 6.47. The summed E-state index contributed by atoms with van der Waals surface area (Å²) in [6.45, 7) is 9.40. The predicted octanol–water partition coefficient (Wildman–Crippen LogP) is 18.5. The van der Waals surface area contributed by atoms with Crippen LogP contribution in [0.1, 0.15) is 63.5 Å². The van der Waals surface area contributed by atoms with Crippen LogP contribution in [0, 0.1) is 0 Å². The van der Waals surface area contributed by atoms with Crippen molar-refractivity contribution in [2.45, 2.75) is 57.3 Å². The zero-order valence-electron chi connectivity index (χ0n) is 35.6. The van der Waals surface area contributed by atoms with Gasteiger partial charge in [0.25, 0.3) is 0 Å². The van der Waals surface area contributed by atoms with Crippen molar-refractivity contribution in [1.82, 2.24) is 0 Å². The number of rotatable bonds is 10. The van der Waals surface area contributed by atoms with Crippen LogP contribution in [0.2, 0.25) is 0 Å². The first kappa shape index (κ1) is 38.6. The molecule has 0 amide bonds. The second-order valence-electron chi connectivity index (χ2n) is 17.1. The van der Waals surface area contributed by atoms with Gasteiger partial charge in [-0.05, 0) is 123 Å². The van der Waals surface area contributed by atoms with E-state index in [0.29, 0.717) is 11.8 Å². The first-order valence-electron chi connectivity index (χ1n) is 22.0. The number of nitrogens with zero attached hydrogens (tertiary/aromatic N) is 2. The van der Waals surface area contributed by atoms with Crippen molar-refractivity contribution >= 4 is 110 Å². The summed E-state index contributed by atoms with van der Waals surface area (Å²) in [5.41, 5.74) is 9.84. The summed E-state index contributed by atoms with van der Waals surface area (Å²) in [6.07, 6.45) is 8.91. The summed E-state index contributed by atoms with van der Waals surface area (Å²) in [4.78, 5) is 7.72. The molecule has 302 valence electrons. The third-order valence-electron chi connectivity index (χ3n) is 12.6. The second-order valence-corrected chi connectivity index (χ2v) is 19.3. The molecular weight excluding hydrogens is 789 g/mol. The molecule has 0 saturated carbocycles. The predicted molar refractivity (Wildman–Crippen MR) is 273 cm³/mol. The van der Waals surface area contributed by atoms with Gasteiger partial charge in [0.2, 0.25) is 0 Å². The fraction of sp³-hybridized carbons (Fsp3) is 0.138. The van der Waals surface area contributed by atoms with Gasteiger partial charge in [0, 0.05) is 42.5 Å². The van der Waals surface area contributed by atoms with Crippen LogP contribution >= 0.6 is 23.1 Å². The maximum Gasteiger partial charge on any atom is 0.0640 e. The van der Waals surface area contributed by atoms with E-state index < -0.39 is 0 Å². The Bertz CT molecular complexity index is 3340. The molecule has 1 aromatic heterocycles. The van der Waals surface area contributed by atoms with Gasteiger partial charge >= 0.3 is 0 Å². The summed E-state index contributed by atoms with van der Waals surface area (Å²) in [5.74, 6) is 0.601. The lowest BCUT2D eigenvalue weighted by molar-refractivity contribution is 0.875. The number of allylic oxidation sites excluding steroid dienone is 4. The topological polar surface area (TPSA) is 6.48 Å². The number of thioether (sulfide) groups is 1. The Hall–Kier alpha value is -6.33. The van der Waals surface area contributed by atoms with Gasteiger partial charge in [-0.2, -0.15) is 0 Å². The largest absolute Gasteiger partial charge is 0.309 e. The quantitative estimate of drug-likeness (QED) is 0.127. The zero-order valence-corrected chi connectivity index (χ0v) is 37.2. The molecule has 0 saturated heterocycles. The number of fused-ring (bicyclic) bond motifs is 3. The summed E-state index contributed by atoms with van der Waals surface area (Å²) < 4.78 is 2.61. The van der Waals surface area contributed by atoms with Crippen molar-refractivity contribution in [2.24, 2.45) is 0 Å². The average molecular weight is 837 g/mol. The van der Waals surface area contributed by atoms with Gasteiger partial charge in [-0.3, -0.25) is 0 Å². The van der Waals surface area contributed by atoms with E-state index in [0.717, 1.165) is 24.2 Å². The molecular formula is C58H48N2S2. The highest BCUT2D eigenvalue weighted by Crippen LogP contribution is 2.53. The number of hydrogen-bond acceptors (Lipinski definition) is 4. The van der Waals surface area contributed by atoms with E-state index >= 15 is 0 Å². The van der Waals surface area contributed by atoms with Gasteiger partial charge in [0.05, 0.1) is 27.4 Å². The molecule has 11 rings (SSSR count). The van der Waals surface area contributed by atoms with E-state index in [4.69, 9.17) is 0 Å². The van der Waals surface area contributed by atoms with Gasteiger partial charge in [-0.25, -0.2) is 0 Å². The number of hydrogen-bond donors (Lipinski definition) is 0. The maximum absolute atomic E-state index is 2.54. The highest BCUT2D eigenvalue weighted by Gasteiger charge is 2.27. The first-order valence-corrected chi connectivity index (χ1v) is 23.6. The molecule has 9 aromatic carbocycles. The monoisotopic (exact) mass is 836 g/mol. The minimum absolute atomic E-state index is 0.300. The van der Waals surface area contributed by atoms with Crippen molar-refractivity contribution in [3.8, 4) is 0 Å². The van der Waals surface area contributed by atoms with Crippen LogP contribution in [0.25, 0.3) is 52.5 Å². The van der Waals surface area contributed by atoms with Gasteiger partial charge < -0.3 is 9.80 Å². The number of thiophene rings is 1. The van der Waals surface area contributed by atoms with E-state index in [2.05, 4.69) is 220 Å². The number of para-hydroxylation sites is 3. The Morgan fingerprint density at radius 1 is 0.484 bits per heavy atom. The standard InChI is InChI=1S/C58H48N2S2/c1-37(2)48-35-52(59(39-19-8-5-9-20-39)50-27-15-17-30-55(50)61-41-23-12-7-13-24-41)46-33-31-44-49(38(3)4)36-53(47-34-32-43(48)56(46)57(44)47)60(40-21-10-6-11-22-40)51-28-18-26-45-42-25-14-16-29-54(42)62-58(45)51/h5-12,14-23,25-38H,13,24H2,1-4H3. The van der Waals surface area contributed by atoms with Crippen LogP contribution in [0.3, 0.4) is 0 Å². The lowest BCUT2D eigenvalue weighted by atomic mass is 9.84. The molecule has 4 heteroatoms. The molecule has 0 N–H and O–H groups in total. The Kier molecular flexibility index (Phi) is 9.86. The molecule has 0 aliphatic heterocycles. The van der Waals surface area contributed by atoms with Crippen LogP contribution in [-0.4, -0.2) is 0 Å². The molecule has 0 bridgehead atoms. The second kappa shape index (κ2) is 15.9. The Balaban J connectivity index is 1.23. The van der Waals surface area contributed by atoms with Crippen LogP contribution < -0.4 is 9.80 Å². The minimum Gasteiger partial charge on any atom is -0.309 e. The van der Waals surface area contributed by atoms with Crippen LogP contribution in [0.15, 0.2) is 192 Å². The van der Waals surface area contributed by atoms with E-state index in [-0.39, 0.29) is 0 Å². The first-order chi connectivity index (χ1) is 30.4. The molecule has 62 heavy (non-hydrogen) atoms. The van der Waals surface area contributed by atoms with Crippen LogP contribution in [-0.2, 0) is 0 Å². The third-order valence-corrected chi connectivity index (χ3v) is 15.0. The Morgan fingerprint density at radius 3 is 1.63 bits per heavy atom. The summed E-state index contributed by atoms with van der Waals surface area (Å²) in [7, 11) is 0. The van der Waals surface area contributed by atoms with E-state index in [9.17, 15) is 0 Å². The molecule has 10 aromatic rings. The Labute approximate surface area is 372 Å². The van der Waals surface area contributed by atoms with E-state index in [1.807, 2.05) is 23.1 Å². The molecule has 0 fully saturated rings. The van der Waals surface area contributed by atoms with Gasteiger partial charge in [0.1, 0.15) is 0 Å². The number of benzene rings is 9. The summed E-state index contributed by atoms with van der Waals surface area (Å²) in [6, 6.07) is 61.3. The SMILES string of the molecule is CC(C)c1cc(N(c2ccccc2)c2ccccc2SC2=CC=CCC2)c2ccc3c(C(C)C)cc(N(c4ccccc4)c4cccc5c4sc4ccccc45)c4ccc1c2c34. The van der Waals surface area contributed by atoms with Gasteiger partial charge in [-0.15, -0.1) is 11.3 Å². The van der Waals surface area contributed by atoms with Crippen molar-refractivity contribution < 1.29 is 0 Å². The van der Waals surface area contributed by atoms with Crippen molar-refractivity contribution in [3.05, 3.63) is 198 Å². The van der Waals surface area contributed by atoms with Crippen molar-refractivity contribution in [1.29, 1.82) is 0 Å². The maximum atomic E-state index is 2.54. The highest BCUT2D eigenvalue weighted by atomic mass is 32.2. The van der Waals surface area contributed by atoms with E-state index in [1.54, 1.807) is 0 Å². The molecule has 0 atom stereocenters. The van der Waals surface area contributed by atoms with Crippen molar-refractivity contribution in [3.63, 3.8) is 0 Å². The lowest BCUT2D eigenvalue weighted by Crippen LogP contribution is -2.13. The van der Waals surface area contributed by atoms with Crippen LogP contribution in [0.5, 0.6) is 0 Å². The number of anilines is 6. The summed E-state index contributed by atoms with van der Waals surface area (Å²) >= 11 is 3.80. The lowest BCUT2D eigenvalue weighted by Gasteiger charge is -2.32. The molecule has 0 radical (unpaired) electrons. The molecule has 0 spiro atoms. The molecule has 2 nitrogen and oxygen atoms in total. The van der Waals surface area contributed by atoms with Gasteiger partial charge in [0.15, 0.2) is 0 Å². The van der Waals surface area contributed by atoms with Crippen LogP contribution in [0.4, 0.5) is 34.1 Å². The fourth-order valence-electron chi connectivity index (χ4n) is 9.75. The molecule has 1 aliphatic carbocycles. The average Bonchev–Trinajstić information content (AvgIpc) is 3.70. The van der Waals surface area contributed by atoms with Crippen molar-refractivity contribution in [2.75, 3.05) is 9.80 Å². The minimum atomic E-state index is 0.300. The molecule has 1 aliphatic rings. The fourth-order valence-corrected chi connectivity index (χ4v) is 12.0. The molecule has 1 heterocycles. The van der Waals surface area contributed by atoms with Gasteiger partial charge in [-0.1, -0.05) is 161 Å². The smallest absolute Gasteiger partial charge is 0.0640 e. The zero-order chi connectivity index (χ0) is 41.9. The molecule has 0 unspecified atom stereocenters. The summed E-state index contributed by atoms with van der Waals surface area (Å²) in [5, 5.41) is 10.5. The van der Waals surface area contributed by atoms with E-state index in [1.165, 1.54) is 96.2 Å². The Morgan fingerprint density at radius 2 is 1.02 bits per heavy atom. The normalized spacial score (nSPS) is 13.1. The highest BCUT2D eigenvalue weighted by molar-refractivity contribution is 8.03.